The molecule has 268 valence electrons. The van der Waals surface area contributed by atoms with Crippen molar-refractivity contribution in [3.05, 3.63) is 173 Å². The number of rotatable bonds is 7. The molecule has 0 saturated carbocycles. The number of hydrogen-bond acceptors (Lipinski definition) is 7. The van der Waals surface area contributed by atoms with Crippen molar-refractivity contribution < 1.29 is 37.0 Å². The van der Waals surface area contributed by atoms with Crippen LogP contribution in [0.4, 0.5) is 13.2 Å². The summed E-state index contributed by atoms with van der Waals surface area (Å²) in [4.78, 5) is 28.8. The fourth-order valence-corrected chi connectivity index (χ4v) is 6.82. The molecular weight excluding hydrogens is 669 g/mol. The topological polar surface area (TPSA) is 68.3 Å². The Hall–Kier alpha value is -5.45. The summed E-state index contributed by atoms with van der Waals surface area (Å²) in [6, 6.07) is 44.3. The second-order valence-corrected chi connectivity index (χ2v) is 12.8. The minimum absolute atomic E-state index is 0.0521. The number of alkyl halides is 3. The molecule has 0 amide bonds. The largest absolute Gasteiger partial charge is 0.573 e. The second-order valence-electron chi connectivity index (χ2n) is 12.8. The first-order valence-electron chi connectivity index (χ1n) is 16.9. The number of benzene rings is 5. The lowest BCUT2D eigenvalue weighted by molar-refractivity contribution is -0.274. The van der Waals surface area contributed by atoms with Crippen molar-refractivity contribution in [3.8, 4) is 5.75 Å². The van der Waals surface area contributed by atoms with Gasteiger partial charge in [-0.3, -0.25) is 19.4 Å². The number of carbonyl (C=O) groups is 2. The van der Waals surface area contributed by atoms with E-state index in [9.17, 15) is 22.8 Å². The molecule has 2 heterocycles. The number of morpholine rings is 2. The van der Waals surface area contributed by atoms with Gasteiger partial charge in [-0.2, -0.15) is 0 Å². The van der Waals surface area contributed by atoms with E-state index in [0.29, 0.717) is 18.5 Å². The van der Waals surface area contributed by atoms with E-state index < -0.39 is 18.5 Å². The fraction of sp³-hybridized carbons (Fsp3) is 0.238. The van der Waals surface area contributed by atoms with Crippen LogP contribution in [0.2, 0.25) is 0 Å². The van der Waals surface area contributed by atoms with E-state index in [-0.39, 0.29) is 35.9 Å². The van der Waals surface area contributed by atoms with Gasteiger partial charge in [0.2, 0.25) is 0 Å². The maximum Gasteiger partial charge on any atom is 0.573 e. The molecule has 10 heteroatoms. The second kappa shape index (κ2) is 16.3. The standard InChI is InChI=1S/C25H22F3NO3.C17H17NO2/c1-29-21(16-17-12-14-20(15-13-17)32-25(26,27)28)24(30)31-23(19-10-6-3-7-11-19)22(29)18-8-4-2-5-9-18;1-18-12-15(19)20-17(14-10-6-3-7-11-14)16(18)13-8-4-2-5-9-13/h2-15,21-23H,16H2,1H3;2-11,16-17H,12H2,1H3/t21-,22?,23?;/m1./s1. The molecule has 5 aromatic rings. The first-order valence-corrected chi connectivity index (χ1v) is 16.9. The first kappa shape index (κ1) is 36.3. The van der Waals surface area contributed by atoms with Crippen molar-refractivity contribution in [2.75, 3.05) is 20.6 Å². The Bertz CT molecular complexity index is 1900. The molecule has 7 nitrogen and oxygen atoms in total. The molecule has 2 aliphatic heterocycles. The van der Waals surface area contributed by atoms with Gasteiger partial charge in [-0.25, -0.2) is 0 Å². The quantitative estimate of drug-likeness (QED) is 0.157. The Morgan fingerprint density at radius 3 is 1.54 bits per heavy atom. The summed E-state index contributed by atoms with van der Waals surface area (Å²) in [6.45, 7) is 0.322. The molecule has 5 atom stereocenters. The van der Waals surface area contributed by atoms with Gasteiger partial charge in [0.25, 0.3) is 0 Å². The molecular formula is C42H39F3N2O5. The maximum absolute atomic E-state index is 13.0. The van der Waals surface area contributed by atoms with E-state index in [1.54, 1.807) is 0 Å². The predicted molar refractivity (Wildman–Crippen MR) is 190 cm³/mol. The third-order valence-corrected chi connectivity index (χ3v) is 9.26. The Morgan fingerprint density at radius 2 is 1.06 bits per heavy atom. The van der Waals surface area contributed by atoms with Gasteiger partial charge in [0.15, 0.2) is 0 Å². The molecule has 2 fully saturated rings. The van der Waals surface area contributed by atoms with Crippen LogP contribution in [0.15, 0.2) is 146 Å². The van der Waals surface area contributed by atoms with Crippen molar-refractivity contribution >= 4 is 11.9 Å². The monoisotopic (exact) mass is 708 g/mol. The van der Waals surface area contributed by atoms with Gasteiger partial charge in [0.05, 0.1) is 18.6 Å². The van der Waals surface area contributed by atoms with Crippen LogP contribution in [0.25, 0.3) is 0 Å². The van der Waals surface area contributed by atoms with Gasteiger partial charge >= 0.3 is 18.3 Å². The van der Waals surface area contributed by atoms with Crippen molar-refractivity contribution in [2.24, 2.45) is 0 Å². The van der Waals surface area contributed by atoms with Crippen LogP contribution in [0.1, 0.15) is 52.1 Å². The van der Waals surface area contributed by atoms with Crippen molar-refractivity contribution in [3.63, 3.8) is 0 Å². The molecule has 0 aromatic heterocycles. The molecule has 0 aliphatic carbocycles. The van der Waals surface area contributed by atoms with Crippen LogP contribution < -0.4 is 4.74 Å². The van der Waals surface area contributed by atoms with Crippen molar-refractivity contribution in [2.45, 2.75) is 43.1 Å². The summed E-state index contributed by atoms with van der Waals surface area (Å²) in [5.74, 6) is -0.843. The van der Waals surface area contributed by atoms with Gasteiger partial charge in [-0.15, -0.1) is 13.2 Å². The number of halogens is 3. The molecule has 2 saturated heterocycles. The summed E-state index contributed by atoms with van der Waals surface area (Å²) >= 11 is 0. The zero-order valence-corrected chi connectivity index (χ0v) is 28.7. The highest BCUT2D eigenvalue weighted by Gasteiger charge is 2.43. The van der Waals surface area contributed by atoms with Crippen LogP contribution in [-0.4, -0.2) is 54.8 Å². The SMILES string of the molecule is CN1C(c2ccccc2)C(c2ccccc2)OC(=O)[C@H]1Cc1ccc(OC(F)(F)F)cc1.CN1CC(=O)OC(c2ccccc2)C1c1ccccc1. The number of cyclic esters (lactones) is 2. The normalized spacial score (nSPS) is 22.4. The molecule has 0 N–H and O–H groups in total. The number of esters is 2. The van der Waals surface area contributed by atoms with Crippen LogP contribution in [0.3, 0.4) is 0 Å². The van der Waals surface area contributed by atoms with Crippen LogP contribution >= 0.6 is 0 Å². The van der Waals surface area contributed by atoms with Crippen LogP contribution in [0, 0.1) is 0 Å². The summed E-state index contributed by atoms with van der Waals surface area (Å²) in [7, 11) is 3.84. The maximum atomic E-state index is 13.0. The van der Waals surface area contributed by atoms with E-state index in [1.165, 1.54) is 24.3 Å². The summed E-state index contributed by atoms with van der Waals surface area (Å²) < 4.78 is 52.7. The molecule has 2 aliphatic rings. The summed E-state index contributed by atoms with van der Waals surface area (Å²) in [6.07, 6.45) is -5.18. The zero-order chi connectivity index (χ0) is 36.7. The summed E-state index contributed by atoms with van der Waals surface area (Å²) in [5, 5.41) is 0. The molecule has 52 heavy (non-hydrogen) atoms. The number of likely N-dealkylation sites (N-methyl/N-ethyl adjacent to an activating group) is 2. The van der Waals surface area contributed by atoms with Gasteiger partial charge in [-0.1, -0.05) is 133 Å². The average molecular weight is 709 g/mol. The Labute approximate surface area is 301 Å². The highest BCUT2D eigenvalue weighted by atomic mass is 19.4. The number of ether oxygens (including phenoxy) is 3. The zero-order valence-electron chi connectivity index (χ0n) is 28.7. The highest BCUT2D eigenvalue weighted by Crippen LogP contribution is 2.42. The van der Waals surface area contributed by atoms with Crippen molar-refractivity contribution in [1.82, 2.24) is 9.80 Å². The van der Waals surface area contributed by atoms with Crippen LogP contribution in [-0.2, 0) is 25.5 Å². The molecule has 7 rings (SSSR count). The lowest BCUT2D eigenvalue weighted by atomic mass is 9.90. The number of carbonyl (C=O) groups excluding carboxylic acids is 2. The van der Waals surface area contributed by atoms with E-state index >= 15 is 0 Å². The smallest absolute Gasteiger partial charge is 0.454 e. The minimum Gasteiger partial charge on any atom is -0.454 e. The first-order chi connectivity index (χ1) is 25.1. The van der Waals surface area contributed by atoms with E-state index in [1.807, 2.05) is 128 Å². The molecule has 0 spiro atoms. The van der Waals surface area contributed by atoms with Gasteiger partial charge in [-0.05, 0) is 60.5 Å². The van der Waals surface area contributed by atoms with Gasteiger partial charge < -0.3 is 14.2 Å². The van der Waals surface area contributed by atoms with E-state index in [2.05, 4.69) is 21.8 Å². The number of nitrogens with zero attached hydrogens (tertiary/aromatic N) is 2. The highest BCUT2D eigenvalue weighted by molar-refractivity contribution is 5.77. The summed E-state index contributed by atoms with van der Waals surface area (Å²) in [5.41, 5.74) is 4.81. The molecule has 4 unspecified atom stereocenters. The fourth-order valence-electron chi connectivity index (χ4n) is 6.82. The van der Waals surface area contributed by atoms with Gasteiger partial charge in [0, 0.05) is 0 Å². The Morgan fingerprint density at radius 1 is 0.615 bits per heavy atom. The minimum atomic E-state index is -4.75. The third-order valence-electron chi connectivity index (χ3n) is 9.26. The Balaban J connectivity index is 0.000000198. The molecule has 5 aromatic carbocycles. The van der Waals surface area contributed by atoms with E-state index in [4.69, 9.17) is 9.47 Å². The molecule has 0 radical (unpaired) electrons. The lowest BCUT2D eigenvalue weighted by Gasteiger charge is -2.43. The van der Waals surface area contributed by atoms with Crippen LogP contribution in [0.5, 0.6) is 5.75 Å². The van der Waals surface area contributed by atoms with Gasteiger partial charge in [0.1, 0.15) is 24.0 Å². The molecule has 0 bridgehead atoms. The predicted octanol–water partition coefficient (Wildman–Crippen LogP) is 8.43. The third kappa shape index (κ3) is 8.88. The van der Waals surface area contributed by atoms with E-state index in [0.717, 1.165) is 22.3 Å². The van der Waals surface area contributed by atoms with Crippen molar-refractivity contribution in [1.29, 1.82) is 0 Å². The average Bonchev–Trinajstić information content (AvgIpc) is 3.14. The Kier molecular flexibility index (Phi) is 11.4. The lowest BCUT2D eigenvalue weighted by Crippen LogP contribution is -2.50. The number of hydrogen-bond donors (Lipinski definition) is 0.